The number of likely N-dealkylation sites (N-methyl/N-ethyl adjacent to an activating group) is 1. The predicted octanol–water partition coefficient (Wildman–Crippen LogP) is 4.97. The average Bonchev–Trinajstić information content (AvgIpc) is 2.53. The van der Waals surface area contributed by atoms with Gasteiger partial charge in [-0.1, -0.05) is 61.8 Å². The fourth-order valence-corrected chi connectivity index (χ4v) is 2.97. The number of halogens is 1. The van der Waals surface area contributed by atoms with Crippen molar-refractivity contribution in [2.75, 3.05) is 7.05 Å². The van der Waals surface area contributed by atoms with Crippen molar-refractivity contribution in [1.29, 1.82) is 0 Å². The highest BCUT2D eigenvalue weighted by Crippen LogP contribution is 2.27. The Morgan fingerprint density at radius 3 is 2.38 bits per heavy atom. The first kappa shape index (κ1) is 16.1. The van der Waals surface area contributed by atoms with E-state index in [1.165, 1.54) is 22.3 Å². The number of hydrogen-bond donors (Lipinski definition) is 1. The molecule has 0 bridgehead atoms. The molecule has 1 unspecified atom stereocenters. The van der Waals surface area contributed by atoms with Gasteiger partial charge < -0.3 is 5.32 Å². The van der Waals surface area contributed by atoms with E-state index in [9.17, 15) is 0 Å². The smallest absolute Gasteiger partial charge is 0.0438 e. The normalized spacial score (nSPS) is 12.4. The van der Waals surface area contributed by atoms with Crippen LogP contribution >= 0.6 is 11.6 Å². The predicted molar refractivity (Wildman–Crippen MR) is 92.2 cm³/mol. The Kier molecular flexibility index (Phi) is 5.84. The van der Waals surface area contributed by atoms with Crippen LogP contribution in [0.5, 0.6) is 0 Å². The molecule has 2 aromatic carbocycles. The van der Waals surface area contributed by atoms with Crippen LogP contribution in [0.1, 0.15) is 42.1 Å². The van der Waals surface area contributed by atoms with Gasteiger partial charge >= 0.3 is 0 Å². The van der Waals surface area contributed by atoms with Crippen LogP contribution in [-0.4, -0.2) is 7.05 Å². The summed E-state index contributed by atoms with van der Waals surface area (Å²) in [7, 11) is 2.03. The first-order chi connectivity index (χ1) is 10.2. The van der Waals surface area contributed by atoms with E-state index in [0.29, 0.717) is 6.04 Å². The molecule has 0 heterocycles. The topological polar surface area (TPSA) is 12.0 Å². The fourth-order valence-electron chi connectivity index (χ4n) is 2.76. The van der Waals surface area contributed by atoms with E-state index < -0.39 is 0 Å². The molecule has 1 N–H and O–H groups in total. The van der Waals surface area contributed by atoms with Crippen molar-refractivity contribution in [3.05, 3.63) is 69.7 Å². The van der Waals surface area contributed by atoms with Crippen molar-refractivity contribution in [3.8, 4) is 0 Å². The molecule has 0 aliphatic heterocycles. The standard InChI is InChI=1S/C19H24ClN/c1-4-14-10-11-15(5-2)17(12-14)19(21-3)13-16-8-6-7-9-18(16)20/h6-12,19,21H,4-5,13H2,1-3H3. The molecule has 2 aromatic rings. The van der Waals surface area contributed by atoms with E-state index in [4.69, 9.17) is 11.6 Å². The van der Waals surface area contributed by atoms with Gasteiger partial charge in [-0.2, -0.15) is 0 Å². The highest BCUT2D eigenvalue weighted by atomic mass is 35.5. The molecule has 0 fully saturated rings. The van der Waals surface area contributed by atoms with Crippen LogP contribution in [0.2, 0.25) is 5.02 Å². The highest BCUT2D eigenvalue weighted by molar-refractivity contribution is 6.31. The van der Waals surface area contributed by atoms with Gasteiger partial charge in [0.15, 0.2) is 0 Å². The maximum absolute atomic E-state index is 6.32. The van der Waals surface area contributed by atoms with Crippen LogP contribution < -0.4 is 5.32 Å². The number of nitrogens with one attached hydrogen (secondary N) is 1. The third-order valence-corrected chi connectivity index (χ3v) is 4.47. The van der Waals surface area contributed by atoms with Crippen molar-refractivity contribution in [2.24, 2.45) is 0 Å². The van der Waals surface area contributed by atoms with Crippen LogP contribution in [0.4, 0.5) is 0 Å². The summed E-state index contributed by atoms with van der Waals surface area (Å²) in [5, 5.41) is 4.31. The van der Waals surface area contributed by atoms with Gasteiger partial charge in [-0.15, -0.1) is 0 Å². The lowest BCUT2D eigenvalue weighted by Gasteiger charge is -2.21. The minimum Gasteiger partial charge on any atom is -0.313 e. The van der Waals surface area contributed by atoms with Gasteiger partial charge in [-0.25, -0.2) is 0 Å². The van der Waals surface area contributed by atoms with Crippen molar-refractivity contribution in [2.45, 2.75) is 39.2 Å². The first-order valence-corrected chi connectivity index (χ1v) is 8.09. The summed E-state index contributed by atoms with van der Waals surface area (Å²) in [6, 6.07) is 15.3. The molecule has 0 aromatic heterocycles. The Bertz CT molecular complexity index is 592. The largest absolute Gasteiger partial charge is 0.313 e. The summed E-state index contributed by atoms with van der Waals surface area (Å²) in [6.07, 6.45) is 3.04. The van der Waals surface area contributed by atoms with E-state index in [2.05, 4.69) is 49.5 Å². The van der Waals surface area contributed by atoms with Crippen LogP contribution in [0.15, 0.2) is 42.5 Å². The van der Waals surface area contributed by atoms with Crippen LogP contribution in [0.3, 0.4) is 0 Å². The zero-order chi connectivity index (χ0) is 15.2. The number of benzene rings is 2. The maximum Gasteiger partial charge on any atom is 0.0438 e. The number of aryl methyl sites for hydroxylation is 2. The zero-order valence-electron chi connectivity index (χ0n) is 13.1. The van der Waals surface area contributed by atoms with E-state index in [0.717, 1.165) is 24.3 Å². The molecule has 112 valence electrons. The molecule has 0 saturated heterocycles. The third kappa shape index (κ3) is 3.87. The Hall–Kier alpha value is -1.31. The van der Waals surface area contributed by atoms with E-state index in [1.807, 2.05) is 19.2 Å². The van der Waals surface area contributed by atoms with Gasteiger partial charge in [-0.05, 0) is 54.6 Å². The Morgan fingerprint density at radius 2 is 1.76 bits per heavy atom. The molecule has 2 rings (SSSR count). The van der Waals surface area contributed by atoms with E-state index >= 15 is 0 Å². The van der Waals surface area contributed by atoms with Crippen LogP contribution in [0, 0.1) is 0 Å². The monoisotopic (exact) mass is 301 g/mol. The molecular weight excluding hydrogens is 278 g/mol. The van der Waals surface area contributed by atoms with Crippen molar-refractivity contribution >= 4 is 11.6 Å². The second-order valence-corrected chi connectivity index (χ2v) is 5.78. The molecule has 1 nitrogen and oxygen atoms in total. The molecule has 0 radical (unpaired) electrons. The number of rotatable bonds is 6. The molecule has 21 heavy (non-hydrogen) atoms. The first-order valence-electron chi connectivity index (χ1n) is 7.71. The van der Waals surface area contributed by atoms with Crippen molar-refractivity contribution in [3.63, 3.8) is 0 Å². The minimum absolute atomic E-state index is 0.298. The lowest BCUT2D eigenvalue weighted by atomic mass is 9.91. The van der Waals surface area contributed by atoms with E-state index in [1.54, 1.807) is 0 Å². The summed E-state index contributed by atoms with van der Waals surface area (Å²) >= 11 is 6.32. The highest BCUT2D eigenvalue weighted by Gasteiger charge is 2.15. The van der Waals surface area contributed by atoms with Crippen LogP contribution in [0.25, 0.3) is 0 Å². The minimum atomic E-state index is 0.298. The fraction of sp³-hybridized carbons (Fsp3) is 0.368. The van der Waals surface area contributed by atoms with Gasteiger partial charge in [0.2, 0.25) is 0 Å². The molecule has 0 saturated carbocycles. The second kappa shape index (κ2) is 7.63. The Balaban J connectivity index is 2.34. The second-order valence-electron chi connectivity index (χ2n) is 5.38. The summed E-state index contributed by atoms with van der Waals surface area (Å²) in [6.45, 7) is 4.42. The summed E-state index contributed by atoms with van der Waals surface area (Å²) in [5.41, 5.74) is 5.40. The summed E-state index contributed by atoms with van der Waals surface area (Å²) in [4.78, 5) is 0. The van der Waals surface area contributed by atoms with Gasteiger partial charge in [0.25, 0.3) is 0 Å². The third-order valence-electron chi connectivity index (χ3n) is 4.11. The van der Waals surface area contributed by atoms with E-state index in [-0.39, 0.29) is 0 Å². The molecule has 1 atom stereocenters. The summed E-state index contributed by atoms with van der Waals surface area (Å²) in [5.74, 6) is 0. The zero-order valence-corrected chi connectivity index (χ0v) is 13.9. The SMILES string of the molecule is CCc1ccc(CC)c(C(Cc2ccccc2Cl)NC)c1. The van der Waals surface area contributed by atoms with Crippen molar-refractivity contribution < 1.29 is 0 Å². The lowest BCUT2D eigenvalue weighted by Crippen LogP contribution is -2.20. The maximum atomic E-state index is 6.32. The Morgan fingerprint density at radius 1 is 1.00 bits per heavy atom. The molecule has 2 heteroatoms. The van der Waals surface area contributed by atoms with Crippen LogP contribution in [-0.2, 0) is 19.3 Å². The van der Waals surface area contributed by atoms with Gasteiger partial charge in [0.1, 0.15) is 0 Å². The average molecular weight is 302 g/mol. The summed E-state index contributed by atoms with van der Waals surface area (Å²) < 4.78 is 0. The quantitative estimate of drug-likeness (QED) is 0.794. The van der Waals surface area contributed by atoms with Crippen molar-refractivity contribution in [1.82, 2.24) is 5.32 Å². The van der Waals surface area contributed by atoms with Gasteiger partial charge in [0.05, 0.1) is 0 Å². The Labute approximate surface area is 133 Å². The van der Waals surface area contributed by atoms with Gasteiger partial charge in [-0.3, -0.25) is 0 Å². The molecular formula is C19H24ClN. The molecule has 0 spiro atoms. The van der Waals surface area contributed by atoms with Gasteiger partial charge in [0, 0.05) is 11.1 Å². The molecule has 0 aliphatic carbocycles. The lowest BCUT2D eigenvalue weighted by molar-refractivity contribution is 0.586. The molecule has 0 amide bonds. The molecule has 0 aliphatic rings. The number of hydrogen-bond acceptors (Lipinski definition) is 1.